The van der Waals surface area contributed by atoms with Gasteiger partial charge in [0, 0.05) is 5.56 Å². The van der Waals surface area contributed by atoms with Gasteiger partial charge in [-0.15, -0.1) is 0 Å². The van der Waals surface area contributed by atoms with Crippen molar-refractivity contribution in [3.63, 3.8) is 0 Å². The van der Waals surface area contributed by atoms with E-state index in [1.165, 1.54) is 12.1 Å². The molecule has 0 bridgehead atoms. The predicted octanol–water partition coefficient (Wildman–Crippen LogP) is 3.95. The Labute approximate surface area is 110 Å². The zero-order valence-electron chi connectivity index (χ0n) is 9.00. The number of benzene rings is 2. The summed E-state index contributed by atoms with van der Waals surface area (Å²) in [6.45, 7) is 0. The van der Waals surface area contributed by atoms with Gasteiger partial charge in [0.1, 0.15) is 23.6 Å². The number of hydrogen-bond acceptors (Lipinski definition) is 1. The molecule has 1 N–H and O–H groups in total. The highest BCUT2D eigenvalue weighted by molar-refractivity contribution is 9.10. The van der Waals surface area contributed by atoms with E-state index in [1.54, 1.807) is 0 Å². The Bertz CT molecular complexity index is 569. The van der Waals surface area contributed by atoms with Crippen molar-refractivity contribution >= 4 is 15.9 Å². The number of aliphatic hydroxyl groups is 1. The van der Waals surface area contributed by atoms with E-state index in [9.17, 15) is 18.3 Å². The van der Waals surface area contributed by atoms with Crippen molar-refractivity contribution in [3.8, 4) is 0 Å². The fourth-order valence-corrected chi connectivity index (χ4v) is 1.89. The van der Waals surface area contributed by atoms with E-state index >= 15 is 0 Å². The summed E-state index contributed by atoms with van der Waals surface area (Å²) in [5, 5.41) is 9.93. The van der Waals surface area contributed by atoms with Crippen LogP contribution in [0.1, 0.15) is 17.2 Å². The Kier molecular flexibility index (Phi) is 3.73. The monoisotopic (exact) mass is 316 g/mol. The lowest BCUT2D eigenvalue weighted by molar-refractivity contribution is 0.214. The summed E-state index contributed by atoms with van der Waals surface area (Å²) < 4.78 is 39.6. The van der Waals surface area contributed by atoms with E-state index in [0.717, 1.165) is 24.3 Å². The molecule has 0 aromatic heterocycles. The summed E-state index contributed by atoms with van der Waals surface area (Å²) in [7, 11) is 0. The van der Waals surface area contributed by atoms with Gasteiger partial charge in [-0.25, -0.2) is 13.2 Å². The second-order valence-electron chi connectivity index (χ2n) is 3.74. The van der Waals surface area contributed by atoms with Crippen LogP contribution in [0, 0.1) is 17.5 Å². The van der Waals surface area contributed by atoms with E-state index in [2.05, 4.69) is 15.9 Å². The summed E-state index contributed by atoms with van der Waals surface area (Å²) in [6.07, 6.45) is -1.34. The average Bonchev–Trinajstić information content (AvgIpc) is 2.34. The number of aliphatic hydroxyl groups excluding tert-OH is 1. The van der Waals surface area contributed by atoms with Gasteiger partial charge in [-0.2, -0.15) is 0 Å². The van der Waals surface area contributed by atoms with Crippen LogP contribution in [0.3, 0.4) is 0 Å². The van der Waals surface area contributed by atoms with Crippen molar-refractivity contribution in [3.05, 3.63) is 69.4 Å². The molecule has 1 nitrogen and oxygen atoms in total. The quantitative estimate of drug-likeness (QED) is 0.832. The van der Waals surface area contributed by atoms with Crippen LogP contribution in [0.25, 0.3) is 0 Å². The van der Waals surface area contributed by atoms with Gasteiger partial charge in [0.05, 0.1) is 4.47 Å². The Morgan fingerprint density at radius 3 is 2.17 bits per heavy atom. The van der Waals surface area contributed by atoms with E-state index in [-0.39, 0.29) is 15.6 Å². The number of halogens is 4. The molecular weight excluding hydrogens is 309 g/mol. The fourth-order valence-electron chi connectivity index (χ4n) is 1.57. The molecule has 2 aromatic rings. The Morgan fingerprint density at radius 2 is 1.56 bits per heavy atom. The van der Waals surface area contributed by atoms with Crippen LogP contribution in [0.4, 0.5) is 13.2 Å². The highest BCUT2D eigenvalue weighted by Gasteiger charge is 2.17. The first-order chi connectivity index (χ1) is 8.49. The fraction of sp³-hybridized carbons (Fsp3) is 0.0769. The van der Waals surface area contributed by atoms with E-state index in [0.29, 0.717) is 0 Å². The Morgan fingerprint density at radius 1 is 0.944 bits per heavy atom. The van der Waals surface area contributed by atoms with Crippen LogP contribution in [-0.4, -0.2) is 5.11 Å². The molecule has 0 heterocycles. The lowest BCUT2D eigenvalue weighted by Gasteiger charge is -2.13. The number of rotatable bonds is 2. The third-order valence-corrected chi connectivity index (χ3v) is 3.13. The first kappa shape index (κ1) is 13.1. The molecular formula is C13H8BrF3O. The third-order valence-electron chi connectivity index (χ3n) is 2.52. The van der Waals surface area contributed by atoms with Crippen molar-refractivity contribution in [1.29, 1.82) is 0 Å². The third kappa shape index (κ3) is 2.57. The van der Waals surface area contributed by atoms with Crippen LogP contribution >= 0.6 is 15.9 Å². The highest BCUT2D eigenvalue weighted by atomic mass is 79.9. The van der Waals surface area contributed by atoms with Gasteiger partial charge >= 0.3 is 0 Å². The minimum absolute atomic E-state index is 0.0185. The van der Waals surface area contributed by atoms with E-state index in [1.807, 2.05) is 0 Å². The van der Waals surface area contributed by atoms with Crippen LogP contribution < -0.4 is 0 Å². The first-order valence-electron chi connectivity index (χ1n) is 5.07. The largest absolute Gasteiger partial charge is 0.384 e. The summed E-state index contributed by atoms with van der Waals surface area (Å²) in [4.78, 5) is 0. The zero-order chi connectivity index (χ0) is 13.3. The molecule has 94 valence electrons. The molecule has 18 heavy (non-hydrogen) atoms. The van der Waals surface area contributed by atoms with Crippen molar-refractivity contribution < 1.29 is 18.3 Å². The molecule has 0 amide bonds. The molecule has 5 heteroatoms. The molecule has 2 aromatic carbocycles. The predicted molar refractivity (Wildman–Crippen MR) is 64.5 cm³/mol. The topological polar surface area (TPSA) is 20.2 Å². The van der Waals surface area contributed by atoms with Gasteiger partial charge < -0.3 is 5.11 Å². The van der Waals surface area contributed by atoms with Crippen LogP contribution in [0.15, 0.2) is 40.9 Å². The summed E-state index contributed by atoms with van der Waals surface area (Å²) in [6, 6.07) is 6.78. The molecule has 0 aliphatic heterocycles. The Hall–Kier alpha value is -1.33. The molecule has 0 spiro atoms. The van der Waals surface area contributed by atoms with Gasteiger partial charge in [-0.1, -0.05) is 12.1 Å². The molecule has 2 rings (SSSR count). The SMILES string of the molecule is OC(c1ccc(F)cc1)c1cc(F)c(Br)cc1F. The van der Waals surface area contributed by atoms with Crippen molar-refractivity contribution in [2.75, 3.05) is 0 Å². The molecule has 0 saturated carbocycles. The summed E-state index contributed by atoms with van der Waals surface area (Å²) in [5.41, 5.74) is 0.0966. The molecule has 0 aliphatic rings. The average molecular weight is 317 g/mol. The van der Waals surface area contributed by atoms with Gasteiger partial charge in [0.2, 0.25) is 0 Å². The highest BCUT2D eigenvalue weighted by Crippen LogP contribution is 2.28. The first-order valence-corrected chi connectivity index (χ1v) is 5.86. The summed E-state index contributed by atoms with van der Waals surface area (Å²) in [5.74, 6) is -1.87. The minimum atomic E-state index is -1.34. The molecule has 0 aliphatic carbocycles. The summed E-state index contributed by atoms with van der Waals surface area (Å²) >= 11 is 2.85. The maximum Gasteiger partial charge on any atom is 0.137 e. The minimum Gasteiger partial charge on any atom is -0.384 e. The molecule has 1 atom stereocenters. The van der Waals surface area contributed by atoms with Gasteiger partial charge in [-0.3, -0.25) is 0 Å². The van der Waals surface area contributed by atoms with Gasteiger partial charge in [0.15, 0.2) is 0 Å². The normalized spacial score (nSPS) is 12.5. The van der Waals surface area contributed by atoms with E-state index < -0.39 is 23.6 Å². The van der Waals surface area contributed by atoms with Gasteiger partial charge in [-0.05, 0) is 45.8 Å². The standard InChI is InChI=1S/C13H8BrF3O/c14-10-6-11(16)9(5-12(10)17)13(18)7-1-3-8(15)4-2-7/h1-6,13,18H. The second-order valence-corrected chi connectivity index (χ2v) is 4.60. The van der Waals surface area contributed by atoms with Crippen LogP contribution in [0.2, 0.25) is 0 Å². The number of hydrogen-bond donors (Lipinski definition) is 1. The van der Waals surface area contributed by atoms with Crippen molar-refractivity contribution in [1.82, 2.24) is 0 Å². The second kappa shape index (κ2) is 5.12. The maximum atomic E-state index is 13.6. The van der Waals surface area contributed by atoms with Crippen LogP contribution in [-0.2, 0) is 0 Å². The maximum absolute atomic E-state index is 13.6. The lowest BCUT2D eigenvalue weighted by Crippen LogP contribution is -2.03. The lowest BCUT2D eigenvalue weighted by atomic mass is 10.0. The van der Waals surface area contributed by atoms with Crippen LogP contribution in [0.5, 0.6) is 0 Å². The molecule has 0 saturated heterocycles. The van der Waals surface area contributed by atoms with E-state index in [4.69, 9.17) is 0 Å². The molecule has 0 radical (unpaired) electrons. The Balaban J connectivity index is 2.42. The van der Waals surface area contributed by atoms with Crippen molar-refractivity contribution in [2.24, 2.45) is 0 Å². The van der Waals surface area contributed by atoms with Crippen molar-refractivity contribution in [2.45, 2.75) is 6.10 Å². The zero-order valence-corrected chi connectivity index (χ0v) is 10.6. The molecule has 0 fully saturated rings. The molecule has 1 unspecified atom stereocenters. The smallest absolute Gasteiger partial charge is 0.137 e. The van der Waals surface area contributed by atoms with Gasteiger partial charge in [0.25, 0.3) is 0 Å².